The van der Waals surface area contributed by atoms with Gasteiger partial charge in [0.1, 0.15) is 5.75 Å². The van der Waals surface area contributed by atoms with Crippen LogP contribution in [0.25, 0.3) is 0 Å². The van der Waals surface area contributed by atoms with Gasteiger partial charge in [0, 0.05) is 17.8 Å². The summed E-state index contributed by atoms with van der Waals surface area (Å²) in [6.07, 6.45) is 4.25. The molecule has 0 aliphatic heterocycles. The fraction of sp³-hybridized carbons (Fsp3) is 0.667. The number of rotatable bonds is 4. The van der Waals surface area contributed by atoms with Crippen LogP contribution in [0.3, 0.4) is 0 Å². The average Bonchev–Trinajstić information content (AvgIpc) is 2.42. The summed E-state index contributed by atoms with van der Waals surface area (Å²) >= 11 is 0. The normalized spacial score (nSPS) is 27.4. The summed E-state index contributed by atoms with van der Waals surface area (Å²) in [7, 11) is 0. The van der Waals surface area contributed by atoms with Crippen LogP contribution >= 0.6 is 0 Å². The minimum Gasteiger partial charge on any atom is -0.506 e. The van der Waals surface area contributed by atoms with Crippen molar-refractivity contribution in [1.82, 2.24) is 10.3 Å². The van der Waals surface area contributed by atoms with Crippen molar-refractivity contribution < 1.29 is 10.2 Å². The Balaban J connectivity index is 2.01. The van der Waals surface area contributed by atoms with Crippen molar-refractivity contribution in [3.05, 3.63) is 23.5 Å². The second kappa shape index (κ2) is 5.88. The summed E-state index contributed by atoms with van der Waals surface area (Å²) in [5.41, 5.74) is 1.35. The van der Waals surface area contributed by atoms with E-state index in [0.717, 1.165) is 37.3 Å². The van der Waals surface area contributed by atoms with Gasteiger partial charge in [0.15, 0.2) is 0 Å². The Kier molecular flexibility index (Phi) is 4.42. The first-order valence-electron chi connectivity index (χ1n) is 7.06. The lowest BCUT2D eigenvalue weighted by atomic mass is 9.77. The lowest BCUT2D eigenvalue weighted by Crippen LogP contribution is -2.50. The van der Waals surface area contributed by atoms with E-state index in [0.29, 0.717) is 12.2 Å². The van der Waals surface area contributed by atoms with Crippen LogP contribution in [-0.4, -0.2) is 27.3 Å². The highest BCUT2D eigenvalue weighted by molar-refractivity contribution is 5.27. The van der Waals surface area contributed by atoms with Crippen LogP contribution in [0, 0.1) is 12.8 Å². The van der Waals surface area contributed by atoms with Gasteiger partial charge < -0.3 is 15.5 Å². The fourth-order valence-corrected chi connectivity index (χ4v) is 2.71. The summed E-state index contributed by atoms with van der Waals surface area (Å²) in [5, 5.41) is 22.9. The Labute approximate surface area is 114 Å². The third kappa shape index (κ3) is 3.45. The molecule has 1 fully saturated rings. The third-order valence-electron chi connectivity index (χ3n) is 4.25. The van der Waals surface area contributed by atoms with Gasteiger partial charge in [-0.25, -0.2) is 0 Å². The number of nitrogens with one attached hydrogen (secondary N) is 1. The van der Waals surface area contributed by atoms with Crippen LogP contribution in [-0.2, 0) is 6.54 Å². The molecule has 0 aromatic carbocycles. The molecule has 0 spiro atoms. The first-order chi connectivity index (χ1) is 9.04. The van der Waals surface area contributed by atoms with Crippen molar-refractivity contribution >= 4 is 0 Å². The number of nitrogens with zero attached hydrogens (tertiary/aromatic N) is 1. The first kappa shape index (κ1) is 14.3. The van der Waals surface area contributed by atoms with Crippen LogP contribution in [0.15, 0.2) is 12.1 Å². The average molecular weight is 264 g/mol. The maximum Gasteiger partial charge on any atom is 0.138 e. The molecule has 1 aromatic rings. The molecule has 0 atom stereocenters. The molecule has 0 bridgehead atoms. The monoisotopic (exact) mass is 264 g/mol. The second-order valence-corrected chi connectivity index (χ2v) is 5.89. The topological polar surface area (TPSA) is 65.4 Å². The zero-order valence-electron chi connectivity index (χ0n) is 11.8. The molecule has 2 rings (SSSR count). The van der Waals surface area contributed by atoms with E-state index in [4.69, 9.17) is 0 Å². The summed E-state index contributed by atoms with van der Waals surface area (Å²) < 4.78 is 0. The highest BCUT2D eigenvalue weighted by Crippen LogP contribution is 2.32. The largest absolute Gasteiger partial charge is 0.506 e. The Morgan fingerprint density at radius 3 is 2.68 bits per heavy atom. The SMILES string of the molecule is Cc1ccc(O)c(CNC2(CO)CCC(C)CC2)n1. The highest BCUT2D eigenvalue weighted by Gasteiger charge is 2.33. The molecule has 1 saturated carbocycles. The van der Waals surface area contributed by atoms with Crippen LogP contribution < -0.4 is 5.32 Å². The van der Waals surface area contributed by atoms with E-state index in [2.05, 4.69) is 17.2 Å². The molecule has 4 heteroatoms. The molecule has 1 heterocycles. The zero-order chi connectivity index (χ0) is 13.9. The van der Waals surface area contributed by atoms with E-state index < -0.39 is 0 Å². The molecule has 106 valence electrons. The molecular formula is C15H24N2O2. The smallest absolute Gasteiger partial charge is 0.138 e. The highest BCUT2D eigenvalue weighted by atomic mass is 16.3. The summed E-state index contributed by atoms with van der Waals surface area (Å²) in [6, 6.07) is 3.47. The van der Waals surface area contributed by atoms with Gasteiger partial charge in [-0.2, -0.15) is 0 Å². The van der Waals surface area contributed by atoms with Gasteiger partial charge in [0.05, 0.1) is 12.3 Å². The predicted molar refractivity (Wildman–Crippen MR) is 74.9 cm³/mol. The van der Waals surface area contributed by atoms with Crippen molar-refractivity contribution in [3.63, 3.8) is 0 Å². The number of hydrogen-bond acceptors (Lipinski definition) is 4. The maximum absolute atomic E-state index is 9.80. The van der Waals surface area contributed by atoms with Gasteiger partial charge in [-0.15, -0.1) is 0 Å². The number of aliphatic hydroxyl groups excluding tert-OH is 1. The van der Waals surface area contributed by atoms with Crippen molar-refractivity contribution in [2.45, 2.75) is 51.6 Å². The number of aromatic hydroxyl groups is 1. The third-order valence-corrected chi connectivity index (χ3v) is 4.25. The molecule has 1 aliphatic rings. The number of pyridine rings is 1. The van der Waals surface area contributed by atoms with Crippen LogP contribution in [0.2, 0.25) is 0 Å². The number of aromatic nitrogens is 1. The molecule has 4 nitrogen and oxygen atoms in total. The molecule has 3 N–H and O–H groups in total. The summed E-state index contributed by atoms with van der Waals surface area (Å²) in [4.78, 5) is 4.34. The number of aryl methyl sites for hydroxylation is 1. The van der Waals surface area contributed by atoms with Gasteiger partial charge in [-0.3, -0.25) is 4.98 Å². The molecule has 0 amide bonds. The quantitative estimate of drug-likeness (QED) is 0.779. The van der Waals surface area contributed by atoms with Crippen molar-refractivity contribution in [3.8, 4) is 5.75 Å². The van der Waals surface area contributed by atoms with E-state index in [9.17, 15) is 10.2 Å². The zero-order valence-corrected chi connectivity index (χ0v) is 11.8. The predicted octanol–water partition coefficient (Wildman–Crippen LogP) is 2.13. The molecule has 0 saturated heterocycles. The van der Waals surface area contributed by atoms with Gasteiger partial charge >= 0.3 is 0 Å². The van der Waals surface area contributed by atoms with E-state index in [1.165, 1.54) is 0 Å². The van der Waals surface area contributed by atoms with E-state index in [1.807, 2.05) is 6.92 Å². The first-order valence-corrected chi connectivity index (χ1v) is 7.06. The molecule has 0 unspecified atom stereocenters. The molecule has 1 aliphatic carbocycles. The van der Waals surface area contributed by atoms with Crippen molar-refractivity contribution in [2.24, 2.45) is 5.92 Å². The number of hydrogen-bond donors (Lipinski definition) is 3. The Bertz CT molecular complexity index is 426. The summed E-state index contributed by atoms with van der Waals surface area (Å²) in [6.45, 7) is 4.82. The van der Waals surface area contributed by atoms with E-state index in [1.54, 1.807) is 12.1 Å². The van der Waals surface area contributed by atoms with E-state index in [-0.39, 0.29) is 17.9 Å². The number of aliphatic hydroxyl groups is 1. The fourth-order valence-electron chi connectivity index (χ4n) is 2.71. The minimum absolute atomic E-state index is 0.145. The second-order valence-electron chi connectivity index (χ2n) is 5.89. The standard InChI is InChI=1S/C15H24N2O2/c1-11-5-7-15(10-18,8-6-11)16-9-13-14(19)4-3-12(2)17-13/h3-4,11,16,18-19H,5-10H2,1-2H3. The van der Waals surface area contributed by atoms with Crippen molar-refractivity contribution in [2.75, 3.05) is 6.61 Å². The van der Waals surface area contributed by atoms with Gasteiger partial charge in [-0.05, 0) is 50.7 Å². The summed E-state index contributed by atoms with van der Waals surface area (Å²) in [5.74, 6) is 0.960. The van der Waals surface area contributed by atoms with E-state index >= 15 is 0 Å². The maximum atomic E-state index is 9.80. The van der Waals surface area contributed by atoms with Gasteiger partial charge in [-0.1, -0.05) is 6.92 Å². The Hall–Kier alpha value is -1.13. The van der Waals surface area contributed by atoms with Gasteiger partial charge in [0.25, 0.3) is 0 Å². The minimum atomic E-state index is -0.204. The lowest BCUT2D eigenvalue weighted by Gasteiger charge is -2.39. The molecule has 0 radical (unpaired) electrons. The van der Waals surface area contributed by atoms with Crippen LogP contribution in [0.1, 0.15) is 44.0 Å². The lowest BCUT2D eigenvalue weighted by molar-refractivity contribution is 0.104. The molecular weight excluding hydrogens is 240 g/mol. The van der Waals surface area contributed by atoms with Crippen LogP contribution in [0.4, 0.5) is 0 Å². The van der Waals surface area contributed by atoms with Crippen molar-refractivity contribution in [1.29, 1.82) is 0 Å². The van der Waals surface area contributed by atoms with Crippen LogP contribution in [0.5, 0.6) is 5.75 Å². The van der Waals surface area contributed by atoms with Gasteiger partial charge in [0.2, 0.25) is 0 Å². The Morgan fingerprint density at radius 1 is 1.37 bits per heavy atom. The molecule has 19 heavy (non-hydrogen) atoms. The molecule has 1 aromatic heterocycles. The Morgan fingerprint density at radius 2 is 2.05 bits per heavy atom.